The Labute approximate surface area is 170 Å². The Balaban J connectivity index is 1.78. The van der Waals surface area contributed by atoms with Gasteiger partial charge >= 0.3 is 6.03 Å². The number of imide groups is 1. The number of likely N-dealkylation sites (tertiary alicyclic amines) is 1. The fraction of sp³-hybridized carbons (Fsp3) is 0.650. The monoisotopic (exact) mass is 403 g/mol. The number of aliphatic hydroxyl groups excluding tert-OH is 1. The zero-order valence-electron chi connectivity index (χ0n) is 17.3. The van der Waals surface area contributed by atoms with Gasteiger partial charge in [-0.1, -0.05) is 13.8 Å². The number of hydrogen-bond donors (Lipinski definition) is 1. The molecule has 1 N–H and O–H groups in total. The van der Waals surface area contributed by atoms with Crippen LogP contribution in [0.25, 0.3) is 0 Å². The van der Waals surface area contributed by atoms with Gasteiger partial charge in [-0.15, -0.1) is 0 Å². The van der Waals surface area contributed by atoms with E-state index in [0.717, 1.165) is 0 Å². The highest BCUT2D eigenvalue weighted by Crippen LogP contribution is 2.38. The van der Waals surface area contributed by atoms with E-state index in [4.69, 9.17) is 5.11 Å². The number of urea groups is 1. The quantitative estimate of drug-likeness (QED) is 0.712. The summed E-state index contributed by atoms with van der Waals surface area (Å²) in [4.78, 5) is 51.8. The fourth-order valence-corrected chi connectivity index (χ4v) is 4.08. The second-order valence-electron chi connectivity index (χ2n) is 8.16. The van der Waals surface area contributed by atoms with Crippen molar-refractivity contribution >= 4 is 17.8 Å². The van der Waals surface area contributed by atoms with Crippen LogP contribution in [-0.2, 0) is 4.79 Å². The van der Waals surface area contributed by atoms with Gasteiger partial charge in [-0.2, -0.15) is 0 Å². The molecular weight excluding hydrogens is 374 g/mol. The fourth-order valence-electron chi connectivity index (χ4n) is 4.08. The van der Waals surface area contributed by atoms with Gasteiger partial charge in [-0.05, 0) is 32.1 Å². The van der Waals surface area contributed by atoms with Crippen molar-refractivity contribution in [1.82, 2.24) is 24.7 Å². The summed E-state index contributed by atoms with van der Waals surface area (Å²) in [6.07, 6.45) is 4.19. The summed E-state index contributed by atoms with van der Waals surface area (Å²) in [6.45, 7) is 7.18. The Kier molecular flexibility index (Phi) is 6.16. The Morgan fingerprint density at radius 2 is 1.83 bits per heavy atom. The van der Waals surface area contributed by atoms with Crippen LogP contribution in [0.4, 0.5) is 4.79 Å². The number of carbonyl (C=O) groups is 3. The van der Waals surface area contributed by atoms with Gasteiger partial charge in [0.15, 0.2) is 0 Å². The maximum Gasteiger partial charge on any atom is 0.327 e. The Morgan fingerprint density at radius 3 is 2.38 bits per heavy atom. The van der Waals surface area contributed by atoms with Crippen molar-refractivity contribution < 1.29 is 19.5 Å². The van der Waals surface area contributed by atoms with Crippen LogP contribution in [-0.4, -0.2) is 85.9 Å². The number of piperidine rings is 1. The van der Waals surface area contributed by atoms with E-state index in [2.05, 4.69) is 9.97 Å². The zero-order chi connectivity index (χ0) is 21.2. The minimum Gasteiger partial charge on any atom is -0.396 e. The van der Waals surface area contributed by atoms with Gasteiger partial charge in [-0.25, -0.2) is 14.8 Å². The van der Waals surface area contributed by atoms with Crippen molar-refractivity contribution in [1.29, 1.82) is 0 Å². The number of nitrogens with zero attached hydrogens (tertiary/aromatic N) is 5. The molecule has 2 aliphatic heterocycles. The van der Waals surface area contributed by atoms with Crippen molar-refractivity contribution in [2.75, 3.05) is 32.8 Å². The van der Waals surface area contributed by atoms with E-state index >= 15 is 0 Å². The van der Waals surface area contributed by atoms with E-state index in [-0.39, 0.29) is 36.9 Å². The van der Waals surface area contributed by atoms with Crippen LogP contribution in [0, 0.1) is 12.8 Å². The number of aromatic nitrogens is 2. The molecule has 1 aromatic heterocycles. The first-order valence-electron chi connectivity index (χ1n) is 10.1. The molecule has 0 saturated carbocycles. The number of aryl methyl sites for hydroxylation is 1. The minimum atomic E-state index is -0.905. The number of carbonyl (C=O) groups excluding carboxylic acids is 3. The number of hydrogen-bond acceptors (Lipinski definition) is 6. The highest BCUT2D eigenvalue weighted by molar-refractivity contribution is 6.07. The molecule has 4 amide bonds. The average molecular weight is 403 g/mol. The summed E-state index contributed by atoms with van der Waals surface area (Å²) < 4.78 is 0. The Bertz CT molecular complexity index is 772. The molecule has 3 heterocycles. The summed E-state index contributed by atoms with van der Waals surface area (Å²) in [7, 11) is 0. The molecule has 0 atom stereocenters. The second kappa shape index (κ2) is 8.44. The van der Waals surface area contributed by atoms with E-state index < -0.39 is 5.54 Å². The highest BCUT2D eigenvalue weighted by atomic mass is 16.3. The maximum atomic E-state index is 13.2. The Morgan fingerprint density at radius 1 is 1.21 bits per heavy atom. The molecule has 9 heteroatoms. The molecule has 0 radical (unpaired) electrons. The van der Waals surface area contributed by atoms with Crippen LogP contribution in [0.15, 0.2) is 12.4 Å². The third kappa shape index (κ3) is 3.96. The lowest BCUT2D eigenvalue weighted by molar-refractivity contribution is -0.135. The smallest absolute Gasteiger partial charge is 0.327 e. The molecule has 158 valence electrons. The van der Waals surface area contributed by atoms with Crippen LogP contribution in [0.2, 0.25) is 0 Å². The predicted molar refractivity (Wildman–Crippen MR) is 105 cm³/mol. The molecule has 2 fully saturated rings. The van der Waals surface area contributed by atoms with E-state index in [1.54, 1.807) is 16.7 Å². The standard InChI is InChI=1S/C20H29N5O4/c1-14(2)13-25-19(29)24(7-4-10-26)18(28)20(25)5-8-23(9-6-20)17(27)16-11-21-15(3)22-12-16/h11-12,14,26H,4-10,13H2,1-3H3. The minimum absolute atomic E-state index is 0.0743. The van der Waals surface area contributed by atoms with Crippen molar-refractivity contribution in [3.8, 4) is 0 Å². The summed E-state index contributed by atoms with van der Waals surface area (Å²) in [5.41, 5.74) is -0.485. The molecule has 29 heavy (non-hydrogen) atoms. The van der Waals surface area contributed by atoms with Crippen LogP contribution < -0.4 is 0 Å². The van der Waals surface area contributed by atoms with Crippen molar-refractivity contribution in [3.63, 3.8) is 0 Å². The SMILES string of the molecule is Cc1ncc(C(=O)N2CCC3(CC2)C(=O)N(CCCO)C(=O)N3CC(C)C)cn1. The lowest BCUT2D eigenvalue weighted by Gasteiger charge is -2.42. The number of aliphatic hydroxyl groups is 1. The van der Waals surface area contributed by atoms with E-state index in [1.807, 2.05) is 13.8 Å². The van der Waals surface area contributed by atoms with Gasteiger partial charge in [0.2, 0.25) is 0 Å². The predicted octanol–water partition coefficient (Wildman–Crippen LogP) is 1.06. The Hall–Kier alpha value is -2.55. The van der Waals surface area contributed by atoms with Crippen LogP contribution in [0.1, 0.15) is 49.3 Å². The first kappa shape index (κ1) is 21.2. The van der Waals surface area contributed by atoms with E-state index in [9.17, 15) is 14.4 Å². The normalized spacial score (nSPS) is 19.0. The van der Waals surface area contributed by atoms with Gasteiger partial charge in [0.05, 0.1) is 5.56 Å². The van der Waals surface area contributed by atoms with Crippen molar-refractivity contribution in [2.24, 2.45) is 5.92 Å². The highest BCUT2D eigenvalue weighted by Gasteiger charge is 2.57. The molecule has 0 unspecified atom stereocenters. The van der Waals surface area contributed by atoms with Crippen molar-refractivity contribution in [3.05, 3.63) is 23.8 Å². The molecule has 0 bridgehead atoms. The van der Waals surface area contributed by atoms with Gasteiger partial charge < -0.3 is 14.9 Å². The third-order valence-electron chi connectivity index (χ3n) is 5.61. The lowest BCUT2D eigenvalue weighted by atomic mass is 9.85. The summed E-state index contributed by atoms with van der Waals surface area (Å²) >= 11 is 0. The summed E-state index contributed by atoms with van der Waals surface area (Å²) in [5, 5.41) is 9.12. The van der Waals surface area contributed by atoms with Gasteiger partial charge in [0, 0.05) is 45.2 Å². The molecule has 3 rings (SSSR count). The molecule has 1 spiro atoms. The molecule has 9 nitrogen and oxygen atoms in total. The van der Waals surface area contributed by atoms with Crippen LogP contribution in [0.5, 0.6) is 0 Å². The lowest BCUT2D eigenvalue weighted by Crippen LogP contribution is -2.58. The van der Waals surface area contributed by atoms with Crippen molar-refractivity contribution in [2.45, 2.75) is 45.6 Å². The molecular formula is C20H29N5O4. The number of rotatable bonds is 6. The van der Waals surface area contributed by atoms with E-state index in [0.29, 0.717) is 50.3 Å². The molecule has 2 saturated heterocycles. The summed E-state index contributed by atoms with van der Waals surface area (Å²) in [5.74, 6) is 0.443. The molecule has 0 aromatic carbocycles. The van der Waals surface area contributed by atoms with E-state index in [1.165, 1.54) is 17.3 Å². The third-order valence-corrected chi connectivity index (χ3v) is 5.61. The molecule has 0 aliphatic carbocycles. The first-order valence-corrected chi connectivity index (χ1v) is 10.1. The van der Waals surface area contributed by atoms with Gasteiger partial charge in [0.25, 0.3) is 11.8 Å². The topological polar surface area (TPSA) is 107 Å². The number of amides is 4. The second-order valence-corrected chi connectivity index (χ2v) is 8.16. The average Bonchev–Trinajstić information content (AvgIpc) is 2.88. The zero-order valence-corrected chi connectivity index (χ0v) is 17.3. The summed E-state index contributed by atoms with van der Waals surface area (Å²) in [6, 6.07) is -0.288. The first-order chi connectivity index (χ1) is 13.8. The van der Waals surface area contributed by atoms with Crippen LogP contribution in [0.3, 0.4) is 0 Å². The largest absolute Gasteiger partial charge is 0.396 e. The van der Waals surface area contributed by atoms with Gasteiger partial charge in [-0.3, -0.25) is 14.5 Å². The van der Waals surface area contributed by atoms with Crippen LogP contribution >= 0.6 is 0 Å². The van der Waals surface area contributed by atoms with Gasteiger partial charge in [0.1, 0.15) is 11.4 Å². The molecule has 1 aromatic rings. The maximum absolute atomic E-state index is 13.2. The molecule has 2 aliphatic rings.